The van der Waals surface area contributed by atoms with E-state index in [1.54, 1.807) is 0 Å². The Morgan fingerprint density at radius 2 is 1.95 bits per heavy atom. The van der Waals surface area contributed by atoms with Gasteiger partial charge in [0.1, 0.15) is 6.54 Å². The highest BCUT2D eigenvalue weighted by molar-refractivity contribution is 7.89. The topological polar surface area (TPSA) is 71.1 Å². The number of nitrogens with zero attached hydrogens (tertiary/aromatic N) is 1. The van der Waals surface area contributed by atoms with Gasteiger partial charge in [-0.15, -0.1) is 0 Å². The third kappa shape index (κ3) is 5.85. The fraction of sp³-hybridized carbons (Fsp3) is 0.545. The molecule has 1 heterocycles. The van der Waals surface area contributed by atoms with Gasteiger partial charge in [-0.25, -0.2) is 18.1 Å². The van der Waals surface area contributed by atoms with Crippen LogP contribution in [0.5, 0.6) is 0 Å². The average molecular weight is 311 g/mol. The van der Waals surface area contributed by atoms with Crippen molar-refractivity contribution >= 4 is 10.0 Å². The van der Waals surface area contributed by atoms with E-state index in [4.69, 9.17) is 0 Å². The Kier molecular flexibility index (Phi) is 5.49. The molecular weight excluding hydrogens is 295 g/mol. The van der Waals surface area contributed by atoms with Crippen LogP contribution in [0.1, 0.15) is 19.4 Å². The summed E-state index contributed by atoms with van der Waals surface area (Å²) in [6, 6.07) is 2.94. The Balaban J connectivity index is 2.72. The SMILES string of the molecule is CC(C)NCc1ccc(S(=O)(=O)NCC(F)(F)F)nc1. The first kappa shape index (κ1) is 16.9. The van der Waals surface area contributed by atoms with Crippen LogP contribution in [-0.2, 0) is 16.6 Å². The van der Waals surface area contributed by atoms with Crippen LogP contribution in [-0.4, -0.2) is 32.2 Å². The summed E-state index contributed by atoms with van der Waals surface area (Å²) in [4.78, 5) is 3.67. The maximum absolute atomic E-state index is 12.0. The van der Waals surface area contributed by atoms with Crippen molar-refractivity contribution in [2.45, 2.75) is 37.6 Å². The van der Waals surface area contributed by atoms with Crippen LogP contribution in [0, 0.1) is 0 Å². The van der Waals surface area contributed by atoms with E-state index in [-0.39, 0.29) is 6.04 Å². The summed E-state index contributed by atoms with van der Waals surface area (Å²) >= 11 is 0. The number of sulfonamides is 1. The quantitative estimate of drug-likeness (QED) is 0.833. The fourth-order valence-corrected chi connectivity index (χ4v) is 2.19. The first-order valence-electron chi connectivity index (χ1n) is 5.85. The maximum Gasteiger partial charge on any atom is 0.402 e. The van der Waals surface area contributed by atoms with Crippen molar-refractivity contribution < 1.29 is 21.6 Å². The molecule has 0 spiro atoms. The number of pyridine rings is 1. The molecule has 0 atom stereocenters. The number of hydrogen-bond donors (Lipinski definition) is 2. The summed E-state index contributed by atoms with van der Waals surface area (Å²) in [5.41, 5.74) is 0.744. The lowest BCUT2D eigenvalue weighted by molar-refractivity contribution is -0.121. The Labute approximate surface area is 115 Å². The molecule has 20 heavy (non-hydrogen) atoms. The highest BCUT2D eigenvalue weighted by Gasteiger charge is 2.30. The first-order valence-corrected chi connectivity index (χ1v) is 7.33. The number of nitrogens with one attached hydrogen (secondary N) is 2. The van der Waals surface area contributed by atoms with Crippen molar-refractivity contribution in [3.8, 4) is 0 Å². The summed E-state index contributed by atoms with van der Waals surface area (Å²) in [6.07, 6.45) is -3.29. The number of alkyl halides is 3. The van der Waals surface area contributed by atoms with Gasteiger partial charge in [0.05, 0.1) is 0 Å². The molecule has 0 bridgehead atoms. The second-order valence-corrected chi connectivity index (χ2v) is 6.19. The van der Waals surface area contributed by atoms with E-state index in [0.29, 0.717) is 6.54 Å². The van der Waals surface area contributed by atoms with Crippen LogP contribution < -0.4 is 10.0 Å². The molecule has 0 aliphatic heterocycles. The van der Waals surface area contributed by atoms with Crippen molar-refractivity contribution in [3.05, 3.63) is 23.9 Å². The predicted octanol–water partition coefficient (Wildman–Crippen LogP) is 1.42. The fourth-order valence-electron chi connectivity index (χ4n) is 1.25. The van der Waals surface area contributed by atoms with Crippen LogP contribution in [0.25, 0.3) is 0 Å². The lowest BCUT2D eigenvalue weighted by Crippen LogP contribution is -2.34. The van der Waals surface area contributed by atoms with E-state index >= 15 is 0 Å². The van der Waals surface area contributed by atoms with Crippen LogP contribution >= 0.6 is 0 Å². The second-order valence-electron chi connectivity index (χ2n) is 4.48. The molecule has 0 aliphatic rings. The zero-order valence-corrected chi connectivity index (χ0v) is 11.8. The minimum Gasteiger partial charge on any atom is -0.310 e. The van der Waals surface area contributed by atoms with E-state index in [1.165, 1.54) is 23.1 Å². The summed E-state index contributed by atoms with van der Waals surface area (Å²) < 4.78 is 60.5. The minimum atomic E-state index is -4.60. The predicted molar refractivity (Wildman–Crippen MR) is 67.5 cm³/mol. The highest BCUT2D eigenvalue weighted by atomic mass is 32.2. The number of halogens is 3. The minimum absolute atomic E-state index is 0.256. The van der Waals surface area contributed by atoms with Gasteiger partial charge in [0.25, 0.3) is 10.0 Å². The van der Waals surface area contributed by atoms with Crippen molar-refractivity contribution in [2.75, 3.05) is 6.54 Å². The van der Waals surface area contributed by atoms with Gasteiger partial charge in [0, 0.05) is 18.8 Å². The molecule has 5 nitrogen and oxygen atoms in total. The van der Waals surface area contributed by atoms with E-state index in [0.717, 1.165) is 5.56 Å². The summed E-state index contributed by atoms with van der Waals surface area (Å²) in [6.45, 7) is 2.79. The van der Waals surface area contributed by atoms with Gasteiger partial charge in [0.15, 0.2) is 5.03 Å². The van der Waals surface area contributed by atoms with Crippen LogP contribution in [0.4, 0.5) is 13.2 Å². The van der Waals surface area contributed by atoms with Gasteiger partial charge < -0.3 is 5.32 Å². The van der Waals surface area contributed by atoms with E-state index < -0.39 is 27.8 Å². The molecule has 114 valence electrons. The molecule has 0 saturated heterocycles. The molecule has 0 saturated carbocycles. The lowest BCUT2D eigenvalue weighted by Gasteiger charge is -2.10. The van der Waals surface area contributed by atoms with Gasteiger partial charge in [0.2, 0.25) is 0 Å². The molecule has 0 aromatic carbocycles. The van der Waals surface area contributed by atoms with Crippen molar-refractivity contribution in [2.24, 2.45) is 0 Å². The zero-order chi connectivity index (χ0) is 15.4. The molecule has 0 amide bonds. The van der Waals surface area contributed by atoms with Gasteiger partial charge >= 0.3 is 6.18 Å². The van der Waals surface area contributed by atoms with Crippen LogP contribution in [0.2, 0.25) is 0 Å². The zero-order valence-electron chi connectivity index (χ0n) is 11.0. The number of aromatic nitrogens is 1. The maximum atomic E-state index is 12.0. The molecule has 9 heteroatoms. The summed E-state index contributed by atoms with van der Waals surface area (Å²) in [5.74, 6) is 0. The Morgan fingerprint density at radius 3 is 2.40 bits per heavy atom. The third-order valence-corrected chi connectivity index (χ3v) is 3.57. The largest absolute Gasteiger partial charge is 0.402 e. The van der Waals surface area contributed by atoms with Gasteiger partial charge in [-0.05, 0) is 11.6 Å². The number of rotatable bonds is 6. The average Bonchev–Trinajstić information content (AvgIpc) is 2.34. The molecule has 2 N–H and O–H groups in total. The Bertz CT molecular complexity index is 527. The van der Waals surface area contributed by atoms with Crippen molar-refractivity contribution in [1.82, 2.24) is 15.0 Å². The van der Waals surface area contributed by atoms with E-state index in [2.05, 4.69) is 10.3 Å². The smallest absolute Gasteiger partial charge is 0.310 e. The summed E-state index contributed by atoms with van der Waals surface area (Å²) in [5, 5.41) is 2.68. The van der Waals surface area contributed by atoms with Gasteiger partial charge in [-0.1, -0.05) is 19.9 Å². The standard InChI is InChI=1S/C11H16F3N3O2S/c1-8(2)15-5-9-3-4-10(16-6-9)20(18,19)17-7-11(12,13)14/h3-4,6,8,15,17H,5,7H2,1-2H3. The monoisotopic (exact) mass is 311 g/mol. The van der Waals surface area contributed by atoms with Crippen molar-refractivity contribution in [1.29, 1.82) is 0 Å². The molecule has 0 aliphatic carbocycles. The Morgan fingerprint density at radius 1 is 1.30 bits per heavy atom. The van der Waals surface area contributed by atoms with Gasteiger partial charge in [-0.2, -0.15) is 13.2 Å². The van der Waals surface area contributed by atoms with Gasteiger partial charge in [-0.3, -0.25) is 0 Å². The highest BCUT2D eigenvalue weighted by Crippen LogP contribution is 2.14. The molecule has 1 aromatic rings. The molecule has 1 rings (SSSR count). The molecule has 0 radical (unpaired) electrons. The van der Waals surface area contributed by atoms with Crippen LogP contribution in [0.3, 0.4) is 0 Å². The molecule has 0 fully saturated rings. The second kappa shape index (κ2) is 6.51. The normalized spacial score (nSPS) is 12.9. The molecule has 1 aromatic heterocycles. The first-order chi connectivity index (χ1) is 9.10. The molecule has 0 unspecified atom stereocenters. The lowest BCUT2D eigenvalue weighted by atomic mass is 10.2. The molecular formula is C11H16F3N3O2S. The van der Waals surface area contributed by atoms with Crippen LogP contribution in [0.15, 0.2) is 23.4 Å². The van der Waals surface area contributed by atoms with E-state index in [1.807, 2.05) is 13.8 Å². The number of hydrogen-bond acceptors (Lipinski definition) is 4. The Hall–Kier alpha value is -1.19. The third-order valence-electron chi connectivity index (χ3n) is 2.25. The van der Waals surface area contributed by atoms with E-state index in [9.17, 15) is 21.6 Å². The van der Waals surface area contributed by atoms with Crippen molar-refractivity contribution in [3.63, 3.8) is 0 Å². The summed E-state index contributed by atoms with van der Waals surface area (Å²) in [7, 11) is -4.24.